The average molecular weight is 616 g/mol. The van der Waals surface area contributed by atoms with Crippen LogP contribution >= 0.6 is 0 Å². The zero-order valence-corrected chi connectivity index (χ0v) is 29.2. The van der Waals surface area contributed by atoms with Crippen LogP contribution in [0.25, 0.3) is 0 Å². The predicted molar refractivity (Wildman–Crippen MR) is 193 cm³/mol. The molecule has 44 heavy (non-hydrogen) atoms. The van der Waals surface area contributed by atoms with Crippen LogP contribution in [0.1, 0.15) is 181 Å². The highest BCUT2D eigenvalue weighted by molar-refractivity contribution is 5.76. The number of rotatable bonds is 33. The third-order valence-electron chi connectivity index (χ3n) is 8.35. The first-order valence-corrected chi connectivity index (χ1v) is 18.8. The summed E-state index contributed by atoms with van der Waals surface area (Å²) in [6, 6.07) is -0.543. The van der Waals surface area contributed by atoms with Crippen LogP contribution in [0.3, 0.4) is 0 Å². The van der Waals surface area contributed by atoms with Gasteiger partial charge in [0.25, 0.3) is 0 Å². The van der Waals surface area contributed by atoms with Crippen molar-refractivity contribution >= 4 is 5.91 Å². The maximum atomic E-state index is 12.3. The number of carbonyl (C=O) groups is 1. The summed E-state index contributed by atoms with van der Waals surface area (Å²) in [5.41, 5.74) is 0. The Balaban J connectivity index is 3.62. The van der Waals surface area contributed by atoms with Gasteiger partial charge in [-0.3, -0.25) is 4.79 Å². The molecule has 0 saturated carbocycles. The minimum Gasteiger partial charge on any atom is -0.394 e. The molecule has 4 nitrogen and oxygen atoms in total. The number of aliphatic hydroxyl groups is 2. The Morgan fingerprint density at radius 2 is 1.00 bits per heavy atom. The summed E-state index contributed by atoms with van der Waals surface area (Å²) in [4.78, 5) is 12.3. The van der Waals surface area contributed by atoms with Crippen molar-refractivity contribution in [3.63, 3.8) is 0 Å². The van der Waals surface area contributed by atoms with Crippen LogP contribution < -0.4 is 5.32 Å². The molecule has 1 amide bonds. The van der Waals surface area contributed by atoms with Crippen LogP contribution in [0.4, 0.5) is 0 Å². The zero-order chi connectivity index (χ0) is 32.2. The van der Waals surface area contributed by atoms with Gasteiger partial charge in [0.05, 0.1) is 18.8 Å². The summed E-state index contributed by atoms with van der Waals surface area (Å²) in [5.74, 6) is -0.0483. The van der Waals surface area contributed by atoms with Gasteiger partial charge in [-0.1, -0.05) is 172 Å². The Hall–Kier alpha value is -1.65. The summed E-state index contributed by atoms with van der Waals surface area (Å²) in [6.45, 7) is 4.22. The lowest BCUT2D eigenvalue weighted by atomic mass is 10.0. The first kappa shape index (κ1) is 42.3. The molecule has 0 aliphatic rings. The van der Waals surface area contributed by atoms with E-state index >= 15 is 0 Å². The molecule has 0 aliphatic carbocycles. The lowest BCUT2D eigenvalue weighted by Gasteiger charge is -2.22. The quantitative estimate of drug-likeness (QED) is 0.0508. The molecule has 0 heterocycles. The molecule has 0 radical (unpaired) electrons. The topological polar surface area (TPSA) is 69.6 Å². The van der Waals surface area contributed by atoms with Gasteiger partial charge in [0.2, 0.25) is 5.91 Å². The Kier molecular flexibility index (Phi) is 34.5. The van der Waals surface area contributed by atoms with Gasteiger partial charge in [0, 0.05) is 6.42 Å². The Labute approximate surface area is 274 Å². The number of hydrogen-bond donors (Lipinski definition) is 3. The molecule has 0 saturated heterocycles. The van der Waals surface area contributed by atoms with Crippen molar-refractivity contribution in [1.29, 1.82) is 0 Å². The molecule has 2 unspecified atom stereocenters. The number of aliphatic hydroxyl groups excluding tert-OH is 2. The standard InChI is InChI=1S/C40H73NO3/c1-3-5-7-9-11-13-15-17-18-19-20-21-22-24-26-28-30-32-34-36-40(44)41-38(37-42)39(43)35-33-31-29-27-25-23-16-14-12-10-8-6-4-2/h5,7,11,13,17-18,20-21,38-39,42-43H,3-4,6,8-10,12,14-16,19,22-37H2,1-2H3,(H,41,44)/b7-5-,13-11-,18-17-,21-20-. The number of nitrogens with one attached hydrogen (secondary N) is 1. The van der Waals surface area contributed by atoms with E-state index in [0.717, 1.165) is 64.2 Å². The second kappa shape index (κ2) is 35.8. The lowest BCUT2D eigenvalue weighted by Crippen LogP contribution is -2.45. The number of amides is 1. The molecule has 0 aromatic rings. The van der Waals surface area contributed by atoms with Crippen LogP contribution in [0.2, 0.25) is 0 Å². The van der Waals surface area contributed by atoms with Gasteiger partial charge < -0.3 is 15.5 Å². The summed E-state index contributed by atoms with van der Waals surface area (Å²) in [6.07, 6.45) is 47.3. The fraction of sp³-hybridized carbons (Fsp3) is 0.775. The molecule has 2 atom stereocenters. The molecule has 3 N–H and O–H groups in total. The van der Waals surface area contributed by atoms with Gasteiger partial charge in [-0.25, -0.2) is 0 Å². The molecule has 0 rings (SSSR count). The second-order valence-electron chi connectivity index (χ2n) is 12.6. The van der Waals surface area contributed by atoms with Crippen molar-refractivity contribution in [1.82, 2.24) is 5.32 Å². The average Bonchev–Trinajstić information content (AvgIpc) is 3.03. The van der Waals surface area contributed by atoms with E-state index in [1.807, 2.05) is 0 Å². The zero-order valence-electron chi connectivity index (χ0n) is 29.2. The SMILES string of the molecule is CC/C=C\C/C=C\C/C=C\C/C=C\CCCCCCCCC(=O)NC(CO)C(O)CCCCCCCCCCCCCCC. The molecule has 0 aromatic heterocycles. The maximum absolute atomic E-state index is 12.3. The first-order valence-electron chi connectivity index (χ1n) is 18.8. The van der Waals surface area contributed by atoms with Crippen LogP contribution in [0, 0.1) is 0 Å². The van der Waals surface area contributed by atoms with E-state index in [1.165, 1.54) is 89.9 Å². The number of hydrogen-bond acceptors (Lipinski definition) is 3. The monoisotopic (exact) mass is 616 g/mol. The molecule has 256 valence electrons. The van der Waals surface area contributed by atoms with E-state index in [1.54, 1.807) is 0 Å². The van der Waals surface area contributed by atoms with E-state index in [2.05, 4.69) is 67.8 Å². The second-order valence-corrected chi connectivity index (χ2v) is 12.6. The maximum Gasteiger partial charge on any atom is 0.220 e. The first-order chi connectivity index (χ1) is 21.7. The Morgan fingerprint density at radius 1 is 0.568 bits per heavy atom. The summed E-state index contributed by atoms with van der Waals surface area (Å²) in [7, 11) is 0. The smallest absolute Gasteiger partial charge is 0.220 e. The fourth-order valence-corrected chi connectivity index (χ4v) is 5.47. The molecule has 0 aliphatic heterocycles. The van der Waals surface area contributed by atoms with Crippen molar-refractivity contribution in [2.75, 3.05) is 6.61 Å². The van der Waals surface area contributed by atoms with Gasteiger partial charge in [-0.15, -0.1) is 0 Å². The van der Waals surface area contributed by atoms with E-state index < -0.39 is 12.1 Å². The van der Waals surface area contributed by atoms with Crippen LogP contribution in [0.15, 0.2) is 48.6 Å². The third-order valence-corrected chi connectivity index (χ3v) is 8.35. The highest BCUT2D eigenvalue weighted by atomic mass is 16.3. The molecule has 0 aromatic carbocycles. The van der Waals surface area contributed by atoms with E-state index in [-0.39, 0.29) is 12.5 Å². The highest BCUT2D eigenvalue weighted by Crippen LogP contribution is 2.14. The number of carbonyl (C=O) groups excluding carboxylic acids is 1. The molecule has 0 fully saturated rings. The van der Waals surface area contributed by atoms with Crippen LogP contribution in [-0.4, -0.2) is 34.9 Å². The van der Waals surface area contributed by atoms with Crippen molar-refractivity contribution in [3.05, 3.63) is 48.6 Å². The summed E-state index contributed by atoms with van der Waals surface area (Å²) >= 11 is 0. The minimum absolute atomic E-state index is 0.0483. The lowest BCUT2D eigenvalue weighted by molar-refractivity contribution is -0.123. The number of unbranched alkanes of at least 4 members (excludes halogenated alkanes) is 18. The van der Waals surface area contributed by atoms with E-state index in [9.17, 15) is 15.0 Å². The Bertz CT molecular complexity index is 711. The van der Waals surface area contributed by atoms with Gasteiger partial charge in [-0.2, -0.15) is 0 Å². The van der Waals surface area contributed by atoms with Gasteiger partial charge >= 0.3 is 0 Å². The van der Waals surface area contributed by atoms with E-state index in [0.29, 0.717) is 12.8 Å². The molecule has 4 heteroatoms. The highest BCUT2D eigenvalue weighted by Gasteiger charge is 2.19. The van der Waals surface area contributed by atoms with Gasteiger partial charge in [0.1, 0.15) is 0 Å². The van der Waals surface area contributed by atoms with Crippen LogP contribution in [-0.2, 0) is 4.79 Å². The minimum atomic E-state index is -0.665. The normalized spacial score (nSPS) is 13.6. The van der Waals surface area contributed by atoms with Crippen molar-refractivity contribution in [2.45, 2.75) is 193 Å². The van der Waals surface area contributed by atoms with E-state index in [4.69, 9.17) is 0 Å². The van der Waals surface area contributed by atoms with Gasteiger partial charge in [-0.05, 0) is 51.4 Å². The fourth-order valence-electron chi connectivity index (χ4n) is 5.47. The molecule has 0 spiro atoms. The largest absolute Gasteiger partial charge is 0.394 e. The predicted octanol–water partition coefficient (Wildman–Crippen LogP) is 11.2. The van der Waals surface area contributed by atoms with Crippen molar-refractivity contribution in [3.8, 4) is 0 Å². The Morgan fingerprint density at radius 3 is 1.50 bits per heavy atom. The van der Waals surface area contributed by atoms with Crippen molar-refractivity contribution < 1.29 is 15.0 Å². The summed E-state index contributed by atoms with van der Waals surface area (Å²) in [5, 5.41) is 23.0. The molecule has 0 bridgehead atoms. The number of allylic oxidation sites excluding steroid dienone is 8. The van der Waals surface area contributed by atoms with Gasteiger partial charge in [0.15, 0.2) is 0 Å². The summed E-state index contributed by atoms with van der Waals surface area (Å²) < 4.78 is 0. The third kappa shape index (κ3) is 31.8. The van der Waals surface area contributed by atoms with Crippen LogP contribution in [0.5, 0.6) is 0 Å². The molecular formula is C40H73NO3. The van der Waals surface area contributed by atoms with Crippen molar-refractivity contribution in [2.24, 2.45) is 0 Å². The molecular weight excluding hydrogens is 542 g/mol.